The molecule has 1 unspecified atom stereocenters. The molecule has 2 aromatic rings. The zero-order valence-corrected chi connectivity index (χ0v) is 17.0. The minimum absolute atomic E-state index is 0.00321. The van der Waals surface area contributed by atoms with Gasteiger partial charge in [-0.2, -0.15) is 0 Å². The van der Waals surface area contributed by atoms with Gasteiger partial charge in [-0.15, -0.1) is 0 Å². The van der Waals surface area contributed by atoms with Crippen LogP contribution in [0.3, 0.4) is 0 Å². The zero-order chi connectivity index (χ0) is 21.3. The number of esters is 1. The van der Waals surface area contributed by atoms with Gasteiger partial charge in [0.05, 0.1) is 17.5 Å². The van der Waals surface area contributed by atoms with Crippen molar-refractivity contribution in [3.8, 4) is 0 Å². The Morgan fingerprint density at radius 2 is 2.13 bits per heavy atom. The van der Waals surface area contributed by atoms with Crippen molar-refractivity contribution in [2.75, 3.05) is 13.2 Å². The molecule has 1 aliphatic heterocycles. The van der Waals surface area contributed by atoms with Crippen molar-refractivity contribution >= 4 is 22.9 Å². The van der Waals surface area contributed by atoms with E-state index in [1.807, 2.05) is 6.08 Å². The molecule has 1 saturated heterocycles. The number of fused-ring (bicyclic) bond motifs is 1. The summed E-state index contributed by atoms with van der Waals surface area (Å²) in [5.41, 5.74) is -0.387. The number of nitrogens with zero attached hydrogens (tertiary/aromatic N) is 1. The number of carbonyl (C=O) groups is 1. The molecule has 1 N–H and O–H groups in total. The maximum Gasteiger partial charge on any atom is 0.343 e. The Morgan fingerprint density at radius 1 is 1.33 bits per heavy atom. The number of aromatic nitrogens is 1. The Kier molecular flexibility index (Phi) is 5.99. The minimum Gasteiger partial charge on any atom is -0.462 e. The summed E-state index contributed by atoms with van der Waals surface area (Å²) >= 11 is 0. The van der Waals surface area contributed by atoms with Gasteiger partial charge < -0.3 is 14.6 Å². The van der Waals surface area contributed by atoms with E-state index in [-0.39, 0.29) is 29.2 Å². The molecule has 7 heteroatoms. The Morgan fingerprint density at radius 3 is 2.80 bits per heavy atom. The largest absolute Gasteiger partial charge is 0.462 e. The lowest BCUT2D eigenvalue weighted by molar-refractivity contribution is 0.0524. The number of hydrogen-bond acceptors (Lipinski definition) is 4. The molecule has 0 bridgehead atoms. The number of allylic oxidation sites excluding steroid dienone is 1. The molecule has 160 valence electrons. The van der Waals surface area contributed by atoms with Gasteiger partial charge in [0.25, 0.3) is 0 Å². The Bertz CT molecular complexity index is 1050. The van der Waals surface area contributed by atoms with Gasteiger partial charge in [0.15, 0.2) is 11.6 Å². The predicted octanol–water partition coefficient (Wildman–Crippen LogP) is 4.34. The van der Waals surface area contributed by atoms with Crippen molar-refractivity contribution < 1.29 is 18.3 Å². The first-order valence-electron chi connectivity index (χ1n) is 10.6. The predicted molar refractivity (Wildman–Crippen MR) is 112 cm³/mol. The van der Waals surface area contributed by atoms with E-state index in [0.29, 0.717) is 11.6 Å². The fraction of sp³-hybridized carbons (Fsp3) is 0.478. The number of ether oxygens (including phenoxy) is 1. The van der Waals surface area contributed by atoms with E-state index >= 15 is 0 Å². The van der Waals surface area contributed by atoms with E-state index in [1.165, 1.54) is 6.20 Å². The molecule has 1 saturated carbocycles. The van der Waals surface area contributed by atoms with Gasteiger partial charge in [0.2, 0.25) is 5.43 Å². The highest BCUT2D eigenvalue weighted by molar-refractivity contribution is 5.96. The molecule has 0 radical (unpaired) electrons. The second-order valence-corrected chi connectivity index (χ2v) is 7.99. The molecule has 0 spiro atoms. The van der Waals surface area contributed by atoms with E-state index in [9.17, 15) is 18.4 Å². The molecule has 4 rings (SSSR count). The molecule has 1 aromatic carbocycles. The zero-order valence-electron chi connectivity index (χ0n) is 17.0. The van der Waals surface area contributed by atoms with Gasteiger partial charge in [-0.05, 0) is 58.1 Å². The van der Waals surface area contributed by atoms with E-state index in [2.05, 4.69) is 5.32 Å². The lowest BCUT2D eigenvalue weighted by atomic mass is 10.0. The molecule has 2 fully saturated rings. The average molecular weight is 416 g/mol. The summed E-state index contributed by atoms with van der Waals surface area (Å²) in [4.78, 5) is 25.2. The second kappa shape index (κ2) is 8.68. The fourth-order valence-corrected chi connectivity index (χ4v) is 4.14. The monoisotopic (exact) mass is 416 g/mol. The number of rotatable bonds is 7. The first-order valence-corrected chi connectivity index (χ1v) is 10.6. The van der Waals surface area contributed by atoms with Crippen molar-refractivity contribution in [3.63, 3.8) is 0 Å². The molecule has 1 aromatic heterocycles. The van der Waals surface area contributed by atoms with Gasteiger partial charge in [-0.25, -0.2) is 13.6 Å². The van der Waals surface area contributed by atoms with E-state index in [0.717, 1.165) is 51.1 Å². The number of carbonyl (C=O) groups excluding carboxylic acids is 1. The van der Waals surface area contributed by atoms with Crippen molar-refractivity contribution in [3.05, 3.63) is 51.3 Å². The molecule has 30 heavy (non-hydrogen) atoms. The van der Waals surface area contributed by atoms with Crippen molar-refractivity contribution in [2.45, 2.75) is 57.5 Å². The summed E-state index contributed by atoms with van der Waals surface area (Å²) in [7, 11) is 0. The maximum absolute atomic E-state index is 14.8. The summed E-state index contributed by atoms with van der Waals surface area (Å²) < 4.78 is 35.9. The lowest BCUT2D eigenvalue weighted by Crippen LogP contribution is -2.21. The highest BCUT2D eigenvalue weighted by Crippen LogP contribution is 2.38. The van der Waals surface area contributed by atoms with Gasteiger partial charge in [-0.1, -0.05) is 12.2 Å². The normalized spacial score (nSPS) is 19.1. The minimum atomic E-state index is -1.10. The number of pyridine rings is 1. The quantitative estimate of drug-likeness (QED) is 0.683. The Hall–Kier alpha value is -2.54. The van der Waals surface area contributed by atoms with Crippen LogP contribution in [0.1, 0.15) is 67.4 Å². The topological polar surface area (TPSA) is 60.3 Å². The highest BCUT2D eigenvalue weighted by atomic mass is 19.2. The molecule has 2 heterocycles. The number of hydrogen-bond donors (Lipinski definition) is 1. The number of halogens is 2. The first kappa shape index (κ1) is 20.7. The summed E-state index contributed by atoms with van der Waals surface area (Å²) in [6.07, 6.45) is 10.5. The van der Waals surface area contributed by atoms with Crippen LogP contribution in [0.15, 0.2) is 23.1 Å². The van der Waals surface area contributed by atoms with Gasteiger partial charge in [0.1, 0.15) is 5.56 Å². The molecule has 5 nitrogen and oxygen atoms in total. The molecule has 1 atom stereocenters. The number of nitrogens with one attached hydrogen (secondary N) is 1. The Balaban J connectivity index is 1.79. The molecule has 2 aliphatic rings. The van der Waals surface area contributed by atoms with Crippen LogP contribution < -0.4 is 10.7 Å². The molecule has 0 amide bonds. The van der Waals surface area contributed by atoms with Crippen molar-refractivity contribution in [2.24, 2.45) is 0 Å². The highest BCUT2D eigenvalue weighted by Gasteiger charge is 2.29. The summed E-state index contributed by atoms with van der Waals surface area (Å²) in [5, 5.41) is 3.42. The molecular formula is C23H26F2N2O3. The van der Waals surface area contributed by atoms with Gasteiger partial charge in [0, 0.05) is 23.8 Å². The summed E-state index contributed by atoms with van der Waals surface area (Å²) in [5.74, 6) is -2.82. The number of benzene rings is 1. The van der Waals surface area contributed by atoms with Crippen LogP contribution in [-0.4, -0.2) is 29.7 Å². The smallest absolute Gasteiger partial charge is 0.343 e. The van der Waals surface area contributed by atoms with Crippen LogP contribution >= 0.6 is 0 Å². The van der Waals surface area contributed by atoms with E-state index < -0.39 is 23.0 Å². The van der Waals surface area contributed by atoms with Crippen LogP contribution in [-0.2, 0) is 4.74 Å². The van der Waals surface area contributed by atoms with Crippen molar-refractivity contribution in [1.82, 2.24) is 9.88 Å². The lowest BCUT2D eigenvalue weighted by Gasteiger charge is -2.15. The molecular weight excluding hydrogens is 390 g/mol. The van der Waals surface area contributed by atoms with Crippen LogP contribution in [0.5, 0.6) is 0 Å². The SMILES string of the molecule is CCOC(=O)c1cn(C2CC2)c2c(C=CCCC3CCCN3)c(F)c(F)cc2c1=O. The first-order chi connectivity index (χ1) is 14.5. The summed E-state index contributed by atoms with van der Waals surface area (Å²) in [6.45, 7) is 2.80. The van der Waals surface area contributed by atoms with Crippen LogP contribution in [0.25, 0.3) is 17.0 Å². The average Bonchev–Trinajstić information content (AvgIpc) is 3.44. The van der Waals surface area contributed by atoms with Gasteiger partial charge >= 0.3 is 5.97 Å². The fourth-order valence-electron chi connectivity index (χ4n) is 4.14. The third-order valence-corrected chi connectivity index (χ3v) is 5.81. The standard InChI is InChI=1S/C23H26F2N2O3/c1-2-30-23(29)18-13-27(15-9-10-15)21-16(8-4-3-6-14-7-5-11-26-14)20(25)19(24)12-17(21)22(18)28/h4,8,12-15,26H,2-3,5-7,9-11H2,1H3. The third-order valence-electron chi connectivity index (χ3n) is 5.81. The van der Waals surface area contributed by atoms with Crippen molar-refractivity contribution in [1.29, 1.82) is 0 Å². The maximum atomic E-state index is 14.8. The summed E-state index contributed by atoms with van der Waals surface area (Å²) in [6, 6.07) is 1.41. The van der Waals surface area contributed by atoms with Crippen LogP contribution in [0, 0.1) is 11.6 Å². The van der Waals surface area contributed by atoms with Gasteiger partial charge in [-0.3, -0.25) is 4.79 Å². The molecule has 1 aliphatic carbocycles. The van der Waals surface area contributed by atoms with Crippen LogP contribution in [0.4, 0.5) is 8.78 Å². The van der Waals surface area contributed by atoms with E-state index in [1.54, 1.807) is 17.6 Å². The van der Waals surface area contributed by atoms with Crippen LogP contribution in [0.2, 0.25) is 0 Å². The third kappa shape index (κ3) is 4.03. The van der Waals surface area contributed by atoms with E-state index in [4.69, 9.17) is 4.74 Å². The second-order valence-electron chi connectivity index (χ2n) is 7.99. The Labute approximate surface area is 173 Å².